The van der Waals surface area contributed by atoms with E-state index in [0.717, 1.165) is 10.9 Å². The van der Waals surface area contributed by atoms with Gasteiger partial charge in [0.15, 0.2) is 5.78 Å². The third kappa shape index (κ3) is 3.46. The molecular formula is C21H18O3. The highest BCUT2D eigenvalue weighted by atomic mass is 16.5. The van der Waals surface area contributed by atoms with Crippen molar-refractivity contribution in [2.75, 3.05) is 14.2 Å². The molecule has 3 rings (SSSR count). The first-order chi connectivity index (χ1) is 11.7. The molecule has 0 unspecified atom stereocenters. The van der Waals surface area contributed by atoms with Crippen LogP contribution in [0, 0.1) is 0 Å². The molecule has 0 saturated carbocycles. The third-order valence-electron chi connectivity index (χ3n) is 3.84. The molecule has 0 aromatic heterocycles. The maximum absolute atomic E-state index is 12.4. The molecule has 0 heterocycles. The maximum Gasteiger partial charge on any atom is 0.186 e. The molecule has 24 heavy (non-hydrogen) atoms. The van der Waals surface area contributed by atoms with Crippen LogP contribution in [0.3, 0.4) is 0 Å². The molecule has 3 heteroatoms. The molecule has 0 atom stereocenters. The molecule has 0 N–H and O–H groups in total. The van der Waals surface area contributed by atoms with Crippen LogP contribution < -0.4 is 9.47 Å². The molecule has 0 spiro atoms. The molecule has 120 valence electrons. The number of ketones is 1. The Kier molecular flexibility index (Phi) is 4.62. The van der Waals surface area contributed by atoms with E-state index in [1.807, 2.05) is 30.3 Å². The summed E-state index contributed by atoms with van der Waals surface area (Å²) in [6, 6.07) is 19.4. The summed E-state index contributed by atoms with van der Waals surface area (Å²) < 4.78 is 10.4. The topological polar surface area (TPSA) is 35.5 Å². The normalized spacial score (nSPS) is 10.9. The Morgan fingerprint density at radius 3 is 2.17 bits per heavy atom. The lowest BCUT2D eigenvalue weighted by Crippen LogP contribution is -1.97. The summed E-state index contributed by atoms with van der Waals surface area (Å²) in [5.41, 5.74) is 1.51. The second-order valence-corrected chi connectivity index (χ2v) is 5.41. The van der Waals surface area contributed by atoms with Crippen LogP contribution in [-0.4, -0.2) is 20.0 Å². The maximum atomic E-state index is 12.4. The zero-order chi connectivity index (χ0) is 16.9. The quantitative estimate of drug-likeness (QED) is 0.503. The monoisotopic (exact) mass is 318 g/mol. The molecule has 0 aliphatic rings. The predicted octanol–water partition coefficient (Wildman–Crippen LogP) is 4.75. The molecular weight excluding hydrogens is 300 g/mol. The van der Waals surface area contributed by atoms with Gasteiger partial charge in [-0.2, -0.15) is 0 Å². The molecule has 0 aliphatic heterocycles. The largest absolute Gasteiger partial charge is 0.497 e. The van der Waals surface area contributed by atoms with Crippen molar-refractivity contribution in [3.63, 3.8) is 0 Å². The Morgan fingerprint density at radius 1 is 0.833 bits per heavy atom. The van der Waals surface area contributed by atoms with Crippen molar-refractivity contribution in [3.05, 3.63) is 77.9 Å². The second kappa shape index (κ2) is 7.01. The van der Waals surface area contributed by atoms with Gasteiger partial charge in [-0.05, 0) is 40.6 Å². The fourth-order valence-electron chi connectivity index (χ4n) is 2.53. The molecule has 0 saturated heterocycles. The SMILES string of the molecule is COc1cc(OC)cc(C(=O)/C=C/c2ccc3ccccc3c2)c1. The van der Waals surface area contributed by atoms with Gasteiger partial charge in [0.05, 0.1) is 14.2 Å². The minimum absolute atomic E-state index is 0.0969. The molecule has 0 fully saturated rings. The molecule has 0 aliphatic carbocycles. The van der Waals surface area contributed by atoms with E-state index in [2.05, 4.69) is 18.2 Å². The lowest BCUT2D eigenvalue weighted by molar-refractivity contribution is 0.104. The first-order valence-electron chi connectivity index (χ1n) is 7.64. The van der Waals surface area contributed by atoms with Crippen LogP contribution >= 0.6 is 0 Å². The highest BCUT2D eigenvalue weighted by Gasteiger charge is 2.07. The van der Waals surface area contributed by atoms with Gasteiger partial charge >= 0.3 is 0 Å². The van der Waals surface area contributed by atoms with Gasteiger partial charge in [-0.15, -0.1) is 0 Å². The van der Waals surface area contributed by atoms with Crippen LogP contribution in [0.15, 0.2) is 66.7 Å². The zero-order valence-electron chi connectivity index (χ0n) is 13.7. The minimum atomic E-state index is -0.0969. The van der Waals surface area contributed by atoms with E-state index >= 15 is 0 Å². The standard InChI is InChI=1S/C21H18O3/c1-23-19-12-18(13-20(14-19)24-2)21(22)10-8-15-7-9-16-5-3-4-6-17(16)11-15/h3-14H,1-2H3/b10-8+. The lowest BCUT2D eigenvalue weighted by Gasteiger charge is -2.06. The minimum Gasteiger partial charge on any atom is -0.497 e. The van der Waals surface area contributed by atoms with E-state index < -0.39 is 0 Å². The summed E-state index contributed by atoms with van der Waals surface area (Å²) in [7, 11) is 3.13. The lowest BCUT2D eigenvalue weighted by atomic mass is 10.1. The second-order valence-electron chi connectivity index (χ2n) is 5.41. The van der Waals surface area contributed by atoms with Gasteiger partial charge < -0.3 is 9.47 Å². The van der Waals surface area contributed by atoms with Crippen molar-refractivity contribution in [1.82, 2.24) is 0 Å². The number of carbonyl (C=O) groups is 1. The fourth-order valence-corrected chi connectivity index (χ4v) is 2.53. The number of hydrogen-bond acceptors (Lipinski definition) is 3. The molecule has 0 bridgehead atoms. The fraction of sp³-hybridized carbons (Fsp3) is 0.0952. The molecule has 3 aromatic rings. The van der Waals surface area contributed by atoms with E-state index in [0.29, 0.717) is 17.1 Å². The number of ether oxygens (including phenoxy) is 2. The van der Waals surface area contributed by atoms with Crippen molar-refractivity contribution >= 4 is 22.6 Å². The number of fused-ring (bicyclic) bond motifs is 1. The van der Waals surface area contributed by atoms with Gasteiger partial charge in [0.2, 0.25) is 0 Å². The van der Waals surface area contributed by atoms with Crippen LogP contribution in [0.5, 0.6) is 11.5 Å². The number of benzene rings is 3. The van der Waals surface area contributed by atoms with E-state index in [1.54, 1.807) is 38.5 Å². The average molecular weight is 318 g/mol. The summed E-state index contributed by atoms with van der Waals surface area (Å²) >= 11 is 0. The van der Waals surface area contributed by atoms with Gasteiger partial charge in [0.25, 0.3) is 0 Å². The van der Waals surface area contributed by atoms with Gasteiger partial charge in [0, 0.05) is 11.6 Å². The molecule has 0 amide bonds. The summed E-state index contributed by atoms with van der Waals surface area (Å²) in [5, 5.41) is 2.33. The number of allylic oxidation sites excluding steroid dienone is 1. The summed E-state index contributed by atoms with van der Waals surface area (Å²) in [6.45, 7) is 0. The van der Waals surface area contributed by atoms with Crippen LogP contribution in [0.25, 0.3) is 16.8 Å². The average Bonchev–Trinajstić information content (AvgIpc) is 2.65. The van der Waals surface area contributed by atoms with Crippen LogP contribution in [0.4, 0.5) is 0 Å². The highest BCUT2D eigenvalue weighted by Crippen LogP contribution is 2.23. The number of rotatable bonds is 5. The van der Waals surface area contributed by atoms with E-state index in [1.165, 1.54) is 5.39 Å². The Labute approximate surface area is 141 Å². The van der Waals surface area contributed by atoms with Gasteiger partial charge in [-0.25, -0.2) is 0 Å². The summed E-state index contributed by atoms with van der Waals surface area (Å²) in [4.78, 5) is 12.4. The Morgan fingerprint density at radius 2 is 1.50 bits per heavy atom. The van der Waals surface area contributed by atoms with Crippen LogP contribution in [0.1, 0.15) is 15.9 Å². The highest BCUT2D eigenvalue weighted by molar-refractivity contribution is 6.07. The summed E-state index contributed by atoms with van der Waals surface area (Å²) in [5.74, 6) is 1.09. The number of carbonyl (C=O) groups excluding carboxylic acids is 1. The number of methoxy groups -OCH3 is 2. The smallest absolute Gasteiger partial charge is 0.186 e. The van der Waals surface area contributed by atoms with Crippen molar-refractivity contribution < 1.29 is 14.3 Å². The van der Waals surface area contributed by atoms with Crippen LogP contribution in [0.2, 0.25) is 0 Å². The van der Waals surface area contributed by atoms with Crippen molar-refractivity contribution in [3.8, 4) is 11.5 Å². The van der Waals surface area contributed by atoms with Crippen molar-refractivity contribution in [2.45, 2.75) is 0 Å². The van der Waals surface area contributed by atoms with Crippen LogP contribution in [-0.2, 0) is 0 Å². The molecule has 3 nitrogen and oxygen atoms in total. The van der Waals surface area contributed by atoms with Gasteiger partial charge in [0.1, 0.15) is 11.5 Å². The Balaban J connectivity index is 1.86. The third-order valence-corrected chi connectivity index (χ3v) is 3.84. The van der Waals surface area contributed by atoms with E-state index in [4.69, 9.17) is 9.47 Å². The van der Waals surface area contributed by atoms with Gasteiger partial charge in [-0.3, -0.25) is 4.79 Å². The first kappa shape index (κ1) is 15.8. The number of hydrogen-bond donors (Lipinski definition) is 0. The van der Waals surface area contributed by atoms with Crippen molar-refractivity contribution in [2.24, 2.45) is 0 Å². The van der Waals surface area contributed by atoms with E-state index in [9.17, 15) is 4.79 Å². The Bertz CT molecular complexity index is 888. The first-order valence-corrected chi connectivity index (χ1v) is 7.64. The van der Waals surface area contributed by atoms with Crippen molar-refractivity contribution in [1.29, 1.82) is 0 Å². The zero-order valence-corrected chi connectivity index (χ0v) is 13.7. The molecule has 3 aromatic carbocycles. The van der Waals surface area contributed by atoms with E-state index in [-0.39, 0.29) is 5.78 Å². The summed E-state index contributed by atoms with van der Waals surface area (Å²) in [6.07, 6.45) is 3.39. The predicted molar refractivity (Wildman–Crippen MR) is 96.9 cm³/mol. The molecule has 0 radical (unpaired) electrons. The Hall–Kier alpha value is -3.07. The van der Waals surface area contributed by atoms with Gasteiger partial charge in [-0.1, -0.05) is 42.5 Å².